The summed E-state index contributed by atoms with van der Waals surface area (Å²) >= 11 is 0. The van der Waals surface area contributed by atoms with Crippen molar-refractivity contribution in [1.82, 2.24) is 0 Å². The lowest BCUT2D eigenvalue weighted by molar-refractivity contribution is -0.00719. The van der Waals surface area contributed by atoms with Crippen molar-refractivity contribution >= 4 is 0 Å². The summed E-state index contributed by atoms with van der Waals surface area (Å²) in [7, 11) is 1.68. The minimum Gasteiger partial charge on any atom is -0.390 e. The molecule has 0 unspecified atom stereocenters. The lowest BCUT2D eigenvalue weighted by Crippen LogP contribution is -2.36. The molecular formula is C15H32O2. The van der Waals surface area contributed by atoms with Crippen molar-refractivity contribution in [2.75, 3.05) is 13.7 Å². The normalized spacial score (nSPS) is 11.1. The van der Waals surface area contributed by atoms with Gasteiger partial charge in [-0.15, -0.1) is 6.58 Å². The van der Waals surface area contributed by atoms with Crippen LogP contribution in [0.15, 0.2) is 24.8 Å². The van der Waals surface area contributed by atoms with Gasteiger partial charge < -0.3 is 9.84 Å². The highest BCUT2D eigenvalue weighted by atomic mass is 16.5. The summed E-state index contributed by atoms with van der Waals surface area (Å²) in [5.74, 6) is 0. The number of aliphatic hydroxyl groups is 1. The molecule has 17 heavy (non-hydrogen) atoms. The van der Waals surface area contributed by atoms with E-state index in [9.17, 15) is 5.11 Å². The van der Waals surface area contributed by atoms with Crippen LogP contribution in [0.3, 0.4) is 0 Å². The maximum absolute atomic E-state index is 9.47. The summed E-state index contributed by atoms with van der Waals surface area (Å²) in [6.07, 6.45) is 5.69. The predicted octanol–water partition coefficient (Wildman–Crippen LogP) is 4.20. The van der Waals surface area contributed by atoms with Crippen molar-refractivity contribution in [3.05, 3.63) is 24.8 Å². The van der Waals surface area contributed by atoms with E-state index in [2.05, 4.69) is 6.58 Å². The van der Waals surface area contributed by atoms with Gasteiger partial charge in [0, 0.05) is 12.5 Å². The Balaban J connectivity index is -0.000000213. The molecule has 2 heteroatoms. The zero-order valence-corrected chi connectivity index (χ0v) is 13.0. The summed E-state index contributed by atoms with van der Waals surface area (Å²) < 4.78 is 4.70. The molecule has 1 N–H and O–H groups in total. The predicted molar refractivity (Wildman–Crippen MR) is 78.3 cm³/mol. The summed E-state index contributed by atoms with van der Waals surface area (Å²) in [5.41, 5.74) is -0.873. The molecule has 0 aromatic carbocycles. The summed E-state index contributed by atoms with van der Waals surface area (Å²) in [6, 6.07) is 0. The van der Waals surface area contributed by atoms with E-state index in [4.69, 9.17) is 4.74 Å². The van der Waals surface area contributed by atoms with Gasteiger partial charge in [0.1, 0.15) is 0 Å². The molecule has 0 aromatic rings. The quantitative estimate of drug-likeness (QED) is 0.751. The van der Waals surface area contributed by atoms with Gasteiger partial charge in [-0.3, -0.25) is 0 Å². The van der Waals surface area contributed by atoms with Crippen LogP contribution in [0.25, 0.3) is 0 Å². The molecule has 0 fully saturated rings. The first-order valence-electron chi connectivity index (χ1n) is 6.19. The maximum Gasteiger partial charge on any atom is 0.0676 e. The third kappa shape index (κ3) is 13.3. The highest BCUT2D eigenvalue weighted by molar-refractivity contribution is 4.98. The number of rotatable bonds is 4. The van der Waals surface area contributed by atoms with Gasteiger partial charge in [0.15, 0.2) is 0 Å². The Bertz CT molecular complexity index is 186. The van der Waals surface area contributed by atoms with E-state index in [-0.39, 0.29) is 5.41 Å². The van der Waals surface area contributed by atoms with Crippen LogP contribution in [0.2, 0.25) is 0 Å². The van der Waals surface area contributed by atoms with Crippen LogP contribution in [0.1, 0.15) is 48.5 Å². The Hall–Kier alpha value is -0.600. The fraction of sp³-hybridized carbons (Fsp3) is 0.733. The second-order valence-corrected chi connectivity index (χ2v) is 4.51. The van der Waals surface area contributed by atoms with Crippen LogP contribution in [-0.2, 0) is 4.74 Å². The monoisotopic (exact) mass is 244 g/mol. The van der Waals surface area contributed by atoms with Crippen LogP contribution in [-0.4, -0.2) is 24.4 Å². The van der Waals surface area contributed by atoms with Crippen molar-refractivity contribution in [2.45, 2.75) is 54.1 Å². The van der Waals surface area contributed by atoms with Crippen LogP contribution in [0.4, 0.5) is 0 Å². The molecule has 0 aromatic heterocycles. The van der Waals surface area contributed by atoms with Crippen molar-refractivity contribution in [3.63, 3.8) is 0 Å². The Kier molecular flexibility index (Phi) is 15.1. The van der Waals surface area contributed by atoms with Crippen molar-refractivity contribution < 1.29 is 9.84 Å². The van der Waals surface area contributed by atoms with E-state index in [1.807, 2.05) is 46.8 Å². The van der Waals surface area contributed by atoms with E-state index < -0.39 is 5.60 Å². The maximum atomic E-state index is 9.47. The smallest absolute Gasteiger partial charge is 0.0676 e. The van der Waals surface area contributed by atoms with Crippen LogP contribution < -0.4 is 0 Å². The second-order valence-electron chi connectivity index (χ2n) is 4.51. The van der Waals surface area contributed by atoms with E-state index in [1.165, 1.54) is 0 Å². The molecule has 0 aliphatic carbocycles. The lowest BCUT2D eigenvalue weighted by atomic mass is 9.78. The Labute approximate surface area is 108 Å². The minimum absolute atomic E-state index is 0.201. The third-order valence-corrected chi connectivity index (χ3v) is 2.59. The van der Waals surface area contributed by atoms with Gasteiger partial charge in [-0.05, 0) is 20.8 Å². The topological polar surface area (TPSA) is 29.5 Å². The van der Waals surface area contributed by atoms with Crippen LogP contribution in [0, 0.1) is 5.41 Å². The first-order chi connectivity index (χ1) is 7.72. The van der Waals surface area contributed by atoms with E-state index in [1.54, 1.807) is 27.0 Å². The van der Waals surface area contributed by atoms with Gasteiger partial charge in [0.2, 0.25) is 0 Å². The second kappa shape index (κ2) is 11.9. The standard InChI is InChI=1S/C8H16O.C5H10O.C2H6/c1-6-7(2,3)8(4,5)9;1-3-4-5-6-2;1-2/h6,9H,1H2,2-5H3;3-4H,5H2,1-2H3;1-2H3/b;4-3+;. The van der Waals surface area contributed by atoms with Gasteiger partial charge in [-0.1, -0.05) is 45.9 Å². The largest absolute Gasteiger partial charge is 0.390 e. The van der Waals surface area contributed by atoms with Gasteiger partial charge in [-0.2, -0.15) is 0 Å². The first-order valence-corrected chi connectivity index (χ1v) is 6.19. The molecule has 0 rings (SSSR count). The molecule has 0 heterocycles. The highest BCUT2D eigenvalue weighted by Gasteiger charge is 2.31. The van der Waals surface area contributed by atoms with Crippen molar-refractivity contribution in [2.24, 2.45) is 5.41 Å². The Morgan fingerprint density at radius 3 is 1.65 bits per heavy atom. The SMILES string of the molecule is C/C=C/COC.C=CC(C)(C)C(C)(C)O.CC. The van der Waals surface area contributed by atoms with Gasteiger partial charge in [0.05, 0.1) is 12.2 Å². The number of hydrogen-bond acceptors (Lipinski definition) is 2. The molecule has 0 amide bonds. The molecular weight excluding hydrogens is 212 g/mol. The minimum atomic E-state index is -0.672. The number of allylic oxidation sites excluding steroid dienone is 1. The summed E-state index contributed by atoms with van der Waals surface area (Å²) in [5, 5.41) is 9.47. The van der Waals surface area contributed by atoms with E-state index in [0.717, 1.165) is 6.61 Å². The number of methoxy groups -OCH3 is 1. The van der Waals surface area contributed by atoms with Crippen LogP contribution >= 0.6 is 0 Å². The summed E-state index contributed by atoms with van der Waals surface area (Å²) in [4.78, 5) is 0. The van der Waals surface area contributed by atoms with Crippen molar-refractivity contribution in [1.29, 1.82) is 0 Å². The molecule has 2 nitrogen and oxygen atoms in total. The average molecular weight is 244 g/mol. The molecule has 0 bridgehead atoms. The first kappa shape index (κ1) is 21.7. The fourth-order valence-corrected chi connectivity index (χ4v) is 0.442. The summed E-state index contributed by atoms with van der Waals surface area (Å²) in [6.45, 7) is 17.8. The molecule has 0 spiro atoms. The molecule has 0 saturated carbocycles. The molecule has 0 aliphatic heterocycles. The van der Waals surface area contributed by atoms with Gasteiger partial charge in [0.25, 0.3) is 0 Å². The zero-order chi connectivity index (χ0) is 14.5. The van der Waals surface area contributed by atoms with Crippen molar-refractivity contribution in [3.8, 4) is 0 Å². The Morgan fingerprint density at radius 2 is 1.59 bits per heavy atom. The molecule has 0 atom stereocenters. The van der Waals surface area contributed by atoms with Gasteiger partial charge in [-0.25, -0.2) is 0 Å². The molecule has 104 valence electrons. The van der Waals surface area contributed by atoms with Gasteiger partial charge >= 0.3 is 0 Å². The fourth-order valence-electron chi connectivity index (χ4n) is 0.442. The highest BCUT2D eigenvalue weighted by Crippen LogP contribution is 2.30. The average Bonchev–Trinajstić information content (AvgIpc) is 2.28. The molecule has 0 aliphatic rings. The van der Waals surface area contributed by atoms with Crippen LogP contribution in [0.5, 0.6) is 0 Å². The molecule has 0 saturated heterocycles. The van der Waals surface area contributed by atoms with E-state index in [0.29, 0.717) is 0 Å². The third-order valence-electron chi connectivity index (χ3n) is 2.59. The molecule has 0 radical (unpaired) electrons. The van der Waals surface area contributed by atoms with E-state index >= 15 is 0 Å². The Morgan fingerprint density at radius 1 is 1.18 bits per heavy atom. The number of ether oxygens (including phenoxy) is 1. The zero-order valence-electron chi connectivity index (χ0n) is 13.0. The lowest BCUT2D eigenvalue weighted by Gasteiger charge is -2.34. The number of hydrogen-bond donors (Lipinski definition) is 1.